The molecule has 0 spiro atoms. The van der Waals surface area contributed by atoms with Crippen LogP contribution < -0.4 is 4.72 Å². The first kappa shape index (κ1) is 12.5. The van der Waals surface area contributed by atoms with E-state index in [1.807, 2.05) is 19.2 Å². The molecule has 5 heteroatoms. The van der Waals surface area contributed by atoms with Gasteiger partial charge in [-0.1, -0.05) is 13.0 Å². The second-order valence-corrected chi connectivity index (χ2v) is 5.72. The molecular formula is C10H15NO2S2. The van der Waals surface area contributed by atoms with Crippen molar-refractivity contribution in [1.82, 2.24) is 4.72 Å². The van der Waals surface area contributed by atoms with Crippen molar-refractivity contribution in [3.63, 3.8) is 0 Å². The van der Waals surface area contributed by atoms with Crippen LogP contribution in [-0.4, -0.2) is 21.2 Å². The maximum Gasteiger partial charge on any atom is 0.240 e. The number of hydrogen-bond donors (Lipinski definition) is 1. The molecule has 1 N–H and O–H groups in total. The Balaban J connectivity index is 2.94. The summed E-state index contributed by atoms with van der Waals surface area (Å²) < 4.78 is 26.0. The van der Waals surface area contributed by atoms with Crippen molar-refractivity contribution >= 4 is 21.8 Å². The lowest BCUT2D eigenvalue weighted by Gasteiger charge is -2.06. The molecule has 0 saturated heterocycles. The van der Waals surface area contributed by atoms with Gasteiger partial charge >= 0.3 is 0 Å². The van der Waals surface area contributed by atoms with E-state index in [1.165, 1.54) is 11.8 Å². The molecule has 84 valence electrons. The Morgan fingerprint density at radius 3 is 2.73 bits per heavy atom. The molecule has 0 aliphatic rings. The zero-order valence-electron chi connectivity index (χ0n) is 8.86. The van der Waals surface area contributed by atoms with Crippen molar-refractivity contribution in [2.24, 2.45) is 0 Å². The number of sulfonamides is 1. The molecule has 15 heavy (non-hydrogen) atoms. The Bertz CT molecular complexity index is 415. The van der Waals surface area contributed by atoms with Gasteiger partial charge in [0.1, 0.15) is 0 Å². The van der Waals surface area contributed by atoms with Gasteiger partial charge in [0.05, 0.1) is 4.90 Å². The number of hydrogen-bond acceptors (Lipinski definition) is 3. The monoisotopic (exact) mass is 245 g/mol. The molecule has 0 aliphatic carbocycles. The average Bonchev–Trinajstić information content (AvgIpc) is 2.26. The van der Waals surface area contributed by atoms with Gasteiger partial charge in [-0.05, 0) is 30.9 Å². The fraction of sp³-hybridized carbons (Fsp3) is 0.400. The van der Waals surface area contributed by atoms with E-state index in [4.69, 9.17) is 0 Å². The summed E-state index contributed by atoms with van der Waals surface area (Å²) in [6, 6.07) is 6.94. The Labute approximate surface area is 95.3 Å². The lowest BCUT2D eigenvalue weighted by Crippen LogP contribution is -2.24. The quantitative estimate of drug-likeness (QED) is 0.808. The van der Waals surface area contributed by atoms with E-state index in [-0.39, 0.29) is 0 Å². The van der Waals surface area contributed by atoms with Gasteiger partial charge in [0, 0.05) is 11.4 Å². The predicted molar refractivity (Wildman–Crippen MR) is 63.7 cm³/mol. The molecule has 0 fully saturated rings. The van der Waals surface area contributed by atoms with Crippen LogP contribution in [0.1, 0.15) is 13.3 Å². The summed E-state index contributed by atoms with van der Waals surface area (Å²) in [7, 11) is -3.32. The molecule has 0 atom stereocenters. The van der Waals surface area contributed by atoms with Gasteiger partial charge in [0.15, 0.2) is 0 Å². The van der Waals surface area contributed by atoms with E-state index in [0.717, 1.165) is 11.3 Å². The maximum absolute atomic E-state index is 11.7. The largest absolute Gasteiger partial charge is 0.240 e. The fourth-order valence-electron chi connectivity index (χ4n) is 1.09. The molecular weight excluding hydrogens is 230 g/mol. The van der Waals surface area contributed by atoms with Gasteiger partial charge in [-0.3, -0.25) is 0 Å². The lowest BCUT2D eigenvalue weighted by molar-refractivity contribution is 0.580. The van der Waals surface area contributed by atoms with E-state index in [2.05, 4.69) is 4.72 Å². The summed E-state index contributed by atoms with van der Waals surface area (Å²) in [6.45, 7) is 2.41. The number of rotatable bonds is 5. The van der Waals surface area contributed by atoms with Gasteiger partial charge in [-0.15, -0.1) is 11.8 Å². The Morgan fingerprint density at radius 2 is 2.13 bits per heavy atom. The molecule has 1 aromatic rings. The van der Waals surface area contributed by atoms with Crippen LogP contribution in [0.2, 0.25) is 0 Å². The van der Waals surface area contributed by atoms with Crippen LogP contribution in [0.4, 0.5) is 0 Å². The summed E-state index contributed by atoms with van der Waals surface area (Å²) in [5, 5.41) is 0. The first-order valence-corrected chi connectivity index (χ1v) is 7.44. The normalized spacial score (nSPS) is 11.6. The SMILES string of the molecule is CCCNS(=O)(=O)c1cccc(SC)c1. The highest BCUT2D eigenvalue weighted by Crippen LogP contribution is 2.18. The Kier molecular flexibility index (Phi) is 4.63. The molecule has 3 nitrogen and oxygen atoms in total. The maximum atomic E-state index is 11.7. The Morgan fingerprint density at radius 1 is 1.40 bits per heavy atom. The zero-order chi connectivity index (χ0) is 11.3. The summed E-state index contributed by atoms with van der Waals surface area (Å²) in [5.41, 5.74) is 0. The van der Waals surface area contributed by atoms with E-state index >= 15 is 0 Å². The van der Waals surface area contributed by atoms with Gasteiger partial charge in [0.2, 0.25) is 10.0 Å². The summed E-state index contributed by atoms with van der Waals surface area (Å²) in [6.07, 6.45) is 2.71. The average molecular weight is 245 g/mol. The molecule has 0 aliphatic heterocycles. The van der Waals surface area contributed by atoms with E-state index in [0.29, 0.717) is 11.4 Å². The van der Waals surface area contributed by atoms with Crippen molar-refractivity contribution in [1.29, 1.82) is 0 Å². The molecule has 0 amide bonds. The third-order valence-electron chi connectivity index (χ3n) is 1.89. The molecule has 0 unspecified atom stereocenters. The minimum atomic E-state index is -3.32. The zero-order valence-corrected chi connectivity index (χ0v) is 10.5. The van der Waals surface area contributed by atoms with Gasteiger partial charge in [0.25, 0.3) is 0 Å². The first-order valence-electron chi connectivity index (χ1n) is 4.74. The van der Waals surface area contributed by atoms with Crippen molar-refractivity contribution in [3.05, 3.63) is 24.3 Å². The third kappa shape index (κ3) is 3.52. The van der Waals surface area contributed by atoms with Crippen LogP contribution in [0, 0.1) is 0 Å². The van der Waals surface area contributed by atoms with Crippen molar-refractivity contribution < 1.29 is 8.42 Å². The minimum Gasteiger partial charge on any atom is -0.211 e. The molecule has 0 bridgehead atoms. The Hall–Kier alpha value is -0.520. The fourth-order valence-corrected chi connectivity index (χ4v) is 2.80. The number of benzene rings is 1. The van der Waals surface area contributed by atoms with Crippen LogP contribution in [0.15, 0.2) is 34.1 Å². The highest BCUT2D eigenvalue weighted by Gasteiger charge is 2.12. The first-order chi connectivity index (χ1) is 7.10. The van der Waals surface area contributed by atoms with Crippen molar-refractivity contribution in [2.45, 2.75) is 23.1 Å². The van der Waals surface area contributed by atoms with Gasteiger partial charge in [-0.2, -0.15) is 0 Å². The smallest absolute Gasteiger partial charge is 0.211 e. The van der Waals surface area contributed by atoms with Crippen LogP contribution in [-0.2, 0) is 10.0 Å². The number of thioether (sulfide) groups is 1. The second-order valence-electron chi connectivity index (χ2n) is 3.08. The van der Waals surface area contributed by atoms with Crippen molar-refractivity contribution in [2.75, 3.05) is 12.8 Å². The van der Waals surface area contributed by atoms with Gasteiger partial charge in [-0.25, -0.2) is 13.1 Å². The van der Waals surface area contributed by atoms with Crippen LogP contribution in [0.5, 0.6) is 0 Å². The van der Waals surface area contributed by atoms with Crippen LogP contribution in [0.3, 0.4) is 0 Å². The molecule has 1 rings (SSSR count). The lowest BCUT2D eigenvalue weighted by atomic mass is 10.4. The van der Waals surface area contributed by atoms with Crippen LogP contribution >= 0.6 is 11.8 Å². The topological polar surface area (TPSA) is 46.2 Å². The molecule has 1 aromatic carbocycles. The van der Waals surface area contributed by atoms with E-state index in [1.54, 1.807) is 18.2 Å². The predicted octanol–water partition coefficient (Wildman–Crippen LogP) is 2.10. The summed E-state index contributed by atoms with van der Waals surface area (Å²) in [5.74, 6) is 0. The summed E-state index contributed by atoms with van der Waals surface area (Å²) in [4.78, 5) is 1.29. The standard InChI is InChI=1S/C10H15NO2S2/c1-3-7-11-15(12,13)10-6-4-5-9(8-10)14-2/h4-6,8,11H,3,7H2,1-2H3. The van der Waals surface area contributed by atoms with Crippen molar-refractivity contribution in [3.8, 4) is 0 Å². The van der Waals surface area contributed by atoms with Gasteiger partial charge < -0.3 is 0 Å². The number of nitrogens with one attached hydrogen (secondary N) is 1. The van der Waals surface area contributed by atoms with Crippen LogP contribution in [0.25, 0.3) is 0 Å². The summed E-state index contributed by atoms with van der Waals surface area (Å²) >= 11 is 1.53. The third-order valence-corrected chi connectivity index (χ3v) is 4.08. The molecule has 0 radical (unpaired) electrons. The van der Waals surface area contributed by atoms with E-state index in [9.17, 15) is 8.42 Å². The molecule has 0 aromatic heterocycles. The highest BCUT2D eigenvalue weighted by molar-refractivity contribution is 7.98. The van der Waals surface area contributed by atoms with E-state index < -0.39 is 10.0 Å². The second kappa shape index (κ2) is 5.53. The highest BCUT2D eigenvalue weighted by atomic mass is 32.2. The molecule has 0 saturated carbocycles. The minimum absolute atomic E-state index is 0.336. The molecule has 0 heterocycles.